The van der Waals surface area contributed by atoms with Crippen LogP contribution in [-0.4, -0.2) is 0 Å². The quantitative estimate of drug-likeness (QED) is 0.326. The Morgan fingerprint density at radius 1 is 0.700 bits per heavy atom. The highest BCUT2D eigenvalue weighted by molar-refractivity contribution is 9.10. The molecule has 4 rings (SSSR count). The third-order valence-electron chi connectivity index (χ3n) is 6.38. The number of halogens is 1. The number of rotatable bonds is 6. The van der Waals surface area contributed by atoms with E-state index < -0.39 is 0 Å². The monoisotopic (exact) mass is 456 g/mol. The molecule has 0 aromatic heterocycles. The van der Waals surface area contributed by atoms with Crippen LogP contribution >= 0.6 is 15.9 Å². The Hall–Kier alpha value is -2.30. The molecule has 0 amide bonds. The molecule has 0 spiro atoms. The Morgan fingerprint density at radius 2 is 1.30 bits per heavy atom. The van der Waals surface area contributed by atoms with Crippen molar-refractivity contribution in [3.63, 3.8) is 0 Å². The Labute approximate surface area is 189 Å². The van der Waals surface area contributed by atoms with Crippen molar-refractivity contribution < 1.29 is 0 Å². The summed E-state index contributed by atoms with van der Waals surface area (Å²) in [5.74, 6) is 6.76. The van der Waals surface area contributed by atoms with E-state index in [1.807, 2.05) is 12.1 Å². The number of benzene rings is 3. The van der Waals surface area contributed by atoms with Gasteiger partial charge in [0.05, 0.1) is 0 Å². The van der Waals surface area contributed by atoms with Gasteiger partial charge in [-0.1, -0.05) is 97.6 Å². The smallest absolute Gasteiger partial charge is 0.0252 e. The van der Waals surface area contributed by atoms with Crippen molar-refractivity contribution in [3.05, 3.63) is 93.5 Å². The summed E-state index contributed by atoms with van der Waals surface area (Å²) in [5, 5.41) is 0. The zero-order valence-corrected chi connectivity index (χ0v) is 19.6. The number of hydrogen-bond acceptors (Lipinski definition) is 0. The summed E-state index contributed by atoms with van der Waals surface area (Å²) in [5.41, 5.74) is 8.15. The maximum absolute atomic E-state index is 3.49. The highest BCUT2D eigenvalue weighted by Gasteiger charge is 2.41. The highest BCUT2D eigenvalue weighted by Crippen LogP contribution is 2.54. The van der Waals surface area contributed by atoms with E-state index in [0.29, 0.717) is 0 Å². The third-order valence-corrected chi connectivity index (χ3v) is 6.91. The molecule has 0 heterocycles. The predicted molar refractivity (Wildman–Crippen MR) is 132 cm³/mol. The molecule has 1 heteroatoms. The maximum atomic E-state index is 3.49. The molecule has 0 saturated heterocycles. The molecular weight excluding hydrogens is 428 g/mol. The summed E-state index contributed by atoms with van der Waals surface area (Å²) in [6.07, 6.45) is 7.41. The van der Waals surface area contributed by atoms with Gasteiger partial charge in [0.2, 0.25) is 0 Å². The average molecular weight is 457 g/mol. The molecule has 30 heavy (non-hydrogen) atoms. The number of fused-ring (bicyclic) bond motifs is 3. The normalized spacial score (nSPS) is 13.3. The lowest BCUT2D eigenvalue weighted by Crippen LogP contribution is -2.25. The zero-order valence-electron chi connectivity index (χ0n) is 18.0. The van der Waals surface area contributed by atoms with E-state index >= 15 is 0 Å². The van der Waals surface area contributed by atoms with Gasteiger partial charge in [-0.05, 0) is 71.5 Å². The fourth-order valence-corrected chi connectivity index (χ4v) is 5.10. The van der Waals surface area contributed by atoms with Crippen molar-refractivity contribution in [2.24, 2.45) is 0 Å². The predicted octanol–water partition coefficient (Wildman–Crippen LogP) is 8.50. The van der Waals surface area contributed by atoms with Gasteiger partial charge >= 0.3 is 0 Å². The van der Waals surface area contributed by atoms with E-state index in [1.165, 1.54) is 60.8 Å². The molecule has 0 nitrogen and oxygen atoms in total. The van der Waals surface area contributed by atoms with Gasteiger partial charge in [-0.3, -0.25) is 0 Å². The Balaban J connectivity index is 1.80. The van der Waals surface area contributed by atoms with E-state index in [-0.39, 0.29) is 5.41 Å². The molecule has 3 aromatic carbocycles. The minimum absolute atomic E-state index is 0.132. The van der Waals surface area contributed by atoms with Crippen molar-refractivity contribution in [1.82, 2.24) is 0 Å². The summed E-state index contributed by atoms with van der Waals surface area (Å²) in [7, 11) is 0. The van der Waals surface area contributed by atoms with Crippen LogP contribution < -0.4 is 0 Å². The van der Waals surface area contributed by atoms with Gasteiger partial charge < -0.3 is 0 Å². The lowest BCUT2D eigenvalue weighted by atomic mass is 9.70. The standard InChI is InChI=1S/C29H29Br/c1-3-5-19-29(20-6-4-2)27-10-8-7-9-25(27)26-18-15-23(21-28(26)29)12-11-22-13-16-24(30)17-14-22/h7-10,13-18,21H,3-6,19-20H2,1-2H3. The van der Waals surface area contributed by atoms with Crippen LogP contribution in [0.1, 0.15) is 74.6 Å². The van der Waals surface area contributed by atoms with E-state index in [9.17, 15) is 0 Å². The van der Waals surface area contributed by atoms with Gasteiger partial charge in [-0.25, -0.2) is 0 Å². The minimum Gasteiger partial charge on any atom is -0.0654 e. The lowest BCUT2D eigenvalue weighted by Gasteiger charge is -2.32. The van der Waals surface area contributed by atoms with Crippen molar-refractivity contribution in [2.75, 3.05) is 0 Å². The molecule has 0 atom stereocenters. The molecule has 0 radical (unpaired) electrons. The largest absolute Gasteiger partial charge is 0.0654 e. The summed E-state index contributed by atoms with van der Waals surface area (Å²) in [6, 6.07) is 24.2. The SMILES string of the molecule is CCCCC1(CCCC)c2ccccc2-c2ccc(C#Cc3ccc(Br)cc3)cc21. The van der Waals surface area contributed by atoms with Gasteiger partial charge in [0.15, 0.2) is 0 Å². The highest BCUT2D eigenvalue weighted by atomic mass is 79.9. The van der Waals surface area contributed by atoms with Gasteiger partial charge in [0, 0.05) is 21.0 Å². The van der Waals surface area contributed by atoms with Crippen LogP contribution in [-0.2, 0) is 5.41 Å². The van der Waals surface area contributed by atoms with Crippen LogP contribution in [0, 0.1) is 11.8 Å². The van der Waals surface area contributed by atoms with E-state index in [2.05, 4.69) is 96.2 Å². The van der Waals surface area contributed by atoms with Crippen LogP contribution in [0.25, 0.3) is 11.1 Å². The first-order chi connectivity index (χ1) is 14.7. The number of unbranched alkanes of at least 4 members (excludes halogenated alkanes) is 2. The molecule has 0 unspecified atom stereocenters. The molecule has 0 fully saturated rings. The molecule has 0 aliphatic heterocycles. The lowest BCUT2D eigenvalue weighted by molar-refractivity contribution is 0.414. The number of hydrogen-bond donors (Lipinski definition) is 0. The third kappa shape index (κ3) is 3.99. The van der Waals surface area contributed by atoms with Crippen LogP contribution in [0.5, 0.6) is 0 Å². The zero-order chi connectivity index (χ0) is 21.0. The second kappa shape index (κ2) is 9.23. The van der Waals surface area contributed by atoms with Crippen LogP contribution in [0.4, 0.5) is 0 Å². The van der Waals surface area contributed by atoms with Crippen molar-refractivity contribution in [1.29, 1.82) is 0 Å². The van der Waals surface area contributed by atoms with Crippen LogP contribution in [0.2, 0.25) is 0 Å². The molecule has 3 aromatic rings. The van der Waals surface area contributed by atoms with Gasteiger partial charge in [-0.15, -0.1) is 0 Å². The molecule has 1 aliphatic carbocycles. The molecule has 1 aliphatic rings. The van der Waals surface area contributed by atoms with Crippen molar-refractivity contribution in [2.45, 2.75) is 57.8 Å². The topological polar surface area (TPSA) is 0 Å². The molecule has 0 N–H and O–H groups in total. The molecular formula is C29H29Br. The Morgan fingerprint density at radius 3 is 2.00 bits per heavy atom. The minimum atomic E-state index is 0.132. The average Bonchev–Trinajstić information content (AvgIpc) is 3.05. The first kappa shape index (κ1) is 21.0. The van der Waals surface area contributed by atoms with E-state index in [1.54, 1.807) is 0 Å². The Bertz CT molecular complexity index is 1070. The van der Waals surface area contributed by atoms with Gasteiger partial charge in [0.1, 0.15) is 0 Å². The van der Waals surface area contributed by atoms with E-state index in [0.717, 1.165) is 15.6 Å². The van der Waals surface area contributed by atoms with Gasteiger partial charge in [0.25, 0.3) is 0 Å². The molecule has 0 saturated carbocycles. The van der Waals surface area contributed by atoms with E-state index in [4.69, 9.17) is 0 Å². The molecule has 152 valence electrons. The summed E-state index contributed by atoms with van der Waals surface area (Å²) in [4.78, 5) is 0. The van der Waals surface area contributed by atoms with Crippen LogP contribution in [0.15, 0.2) is 71.2 Å². The summed E-state index contributed by atoms with van der Waals surface area (Å²) in [6.45, 7) is 4.60. The fraction of sp³-hybridized carbons (Fsp3) is 0.310. The first-order valence-electron chi connectivity index (χ1n) is 11.2. The first-order valence-corrected chi connectivity index (χ1v) is 12.0. The second-order valence-corrected chi connectivity index (χ2v) is 9.27. The Kier molecular flexibility index (Phi) is 6.45. The van der Waals surface area contributed by atoms with Crippen molar-refractivity contribution >= 4 is 15.9 Å². The fourth-order valence-electron chi connectivity index (χ4n) is 4.83. The molecule has 0 bridgehead atoms. The summed E-state index contributed by atoms with van der Waals surface area (Å²) >= 11 is 3.49. The van der Waals surface area contributed by atoms with Crippen molar-refractivity contribution in [3.8, 4) is 23.0 Å². The van der Waals surface area contributed by atoms with Gasteiger partial charge in [-0.2, -0.15) is 0 Å². The summed E-state index contributed by atoms with van der Waals surface area (Å²) < 4.78 is 1.08. The van der Waals surface area contributed by atoms with Crippen LogP contribution in [0.3, 0.4) is 0 Å². The second-order valence-electron chi connectivity index (χ2n) is 8.35. The maximum Gasteiger partial charge on any atom is 0.0252 e.